The van der Waals surface area contributed by atoms with E-state index in [4.69, 9.17) is 14.0 Å². The Morgan fingerprint density at radius 2 is 2.03 bits per heavy atom. The van der Waals surface area contributed by atoms with Crippen LogP contribution in [0.5, 0.6) is 11.1 Å². The monoisotopic (exact) mass is 501 g/mol. The highest BCUT2D eigenvalue weighted by Crippen LogP contribution is 2.34. The molecule has 0 bridgehead atoms. The first-order valence-electron chi connectivity index (χ1n) is 11.7. The van der Waals surface area contributed by atoms with Crippen LogP contribution in [0.3, 0.4) is 0 Å². The van der Waals surface area contributed by atoms with Crippen molar-refractivity contribution in [2.45, 2.75) is 64.1 Å². The summed E-state index contributed by atoms with van der Waals surface area (Å²) in [5, 5.41) is 3.84. The van der Waals surface area contributed by atoms with Gasteiger partial charge in [0.1, 0.15) is 11.5 Å². The second-order valence-corrected chi connectivity index (χ2v) is 10.3. The normalized spacial score (nSPS) is 21.3. The molecule has 0 radical (unpaired) electrons. The topological polar surface area (TPSA) is 77.7 Å². The van der Waals surface area contributed by atoms with Gasteiger partial charge in [0.05, 0.1) is 19.2 Å². The molecule has 0 spiro atoms. The van der Waals surface area contributed by atoms with Gasteiger partial charge >= 0.3 is 6.18 Å². The van der Waals surface area contributed by atoms with Gasteiger partial charge < -0.3 is 14.0 Å². The summed E-state index contributed by atoms with van der Waals surface area (Å²) in [7, 11) is 1.51. The average Bonchev–Trinajstić information content (AvgIpc) is 3.42. The summed E-state index contributed by atoms with van der Waals surface area (Å²) in [6.45, 7) is 1.21. The first-order chi connectivity index (χ1) is 16.3. The summed E-state index contributed by atoms with van der Waals surface area (Å²) in [4.78, 5) is 20.0. The molecule has 4 rings (SSSR count). The van der Waals surface area contributed by atoms with Crippen molar-refractivity contribution in [3.8, 4) is 11.1 Å². The van der Waals surface area contributed by atoms with Gasteiger partial charge in [0, 0.05) is 30.5 Å². The minimum Gasteiger partial charge on any atom is -0.479 e. The zero-order valence-corrected chi connectivity index (χ0v) is 20.1. The maximum Gasteiger partial charge on any atom is 0.422 e. The van der Waals surface area contributed by atoms with Gasteiger partial charge in [-0.25, -0.2) is 4.98 Å². The van der Waals surface area contributed by atoms with Crippen molar-refractivity contribution in [2.24, 2.45) is 11.8 Å². The number of hydrogen-bond acceptors (Lipinski definition) is 8. The van der Waals surface area contributed by atoms with Crippen LogP contribution in [0.15, 0.2) is 10.6 Å². The molecular weight excluding hydrogens is 471 g/mol. The van der Waals surface area contributed by atoms with Crippen molar-refractivity contribution in [1.29, 1.82) is 0 Å². The van der Waals surface area contributed by atoms with Crippen LogP contribution in [-0.4, -0.2) is 53.8 Å². The van der Waals surface area contributed by atoms with Crippen LogP contribution >= 0.6 is 11.3 Å². The third kappa shape index (κ3) is 7.18. The number of halogens is 3. The molecule has 0 amide bonds. The molecule has 0 aromatic carbocycles. The summed E-state index contributed by atoms with van der Waals surface area (Å²) < 4.78 is 52.0. The highest BCUT2D eigenvalue weighted by molar-refractivity contribution is 7.13. The summed E-state index contributed by atoms with van der Waals surface area (Å²) in [5.74, 6) is 2.18. The first kappa shape index (κ1) is 25.0. The molecule has 34 heavy (non-hydrogen) atoms. The van der Waals surface area contributed by atoms with E-state index >= 15 is 0 Å². The number of alkyl halides is 3. The van der Waals surface area contributed by atoms with E-state index in [1.807, 2.05) is 0 Å². The van der Waals surface area contributed by atoms with Crippen molar-refractivity contribution in [3.63, 3.8) is 0 Å². The summed E-state index contributed by atoms with van der Waals surface area (Å²) in [6, 6.07) is 1.65. The van der Waals surface area contributed by atoms with E-state index in [2.05, 4.69) is 15.0 Å². The van der Waals surface area contributed by atoms with Crippen LogP contribution in [0.25, 0.3) is 0 Å². The molecule has 0 saturated heterocycles. The van der Waals surface area contributed by atoms with Crippen LogP contribution < -0.4 is 9.47 Å². The Hall–Kier alpha value is -2.14. The Labute approximate surface area is 200 Å². The number of nitrogens with zero attached hydrogens (tertiary/aromatic N) is 3. The fraction of sp³-hybridized carbons (Fsp3) is 0.696. The van der Waals surface area contributed by atoms with Gasteiger partial charge in [-0.1, -0.05) is 24.2 Å². The third-order valence-electron chi connectivity index (χ3n) is 6.60. The minimum absolute atomic E-state index is 0.111. The number of rotatable bonds is 10. The molecule has 2 aromatic rings. The third-order valence-corrected chi connectivity index (χ3v) is 7.67. The molecule has 0 N–H and O–H groups in total. The first-order valence-corrected chi connectivity index (χ1v) is 12.5. The summed E-state index contributed by atoms with van der Waals surface area (Å²) >= 11 is 1.23. The molecule has 7 nitrogen and oxygen atoms in total. The number of thiazole rings is 1. The van der Waals surface area contributed by atoms with Crippen molar-refractivity contribution < 1.29 is 32.0 Å². The van der Waals surface area contributed by atoms with E-state index in [9.17, 15) is 18.0 Å². The minimum atomic E-state index is -4.35. The van der Waals surface area contributed by atoms with Crippen molar-refractivity contribution in [1.82, 2.24) is 15.0 Å². The molecule has 2 aromatic heterocycles. The molecule has 0 unspecified atom stereocenters. The Balaban J connectivity index is 1.14. The Bertz CT molecular complexity index is 954. The lowest BCUT2D eigenvalue weighted by Crippen LogP contribution is -2.32. The lowest BCUT2D eigenvalue weighted by atomic mass is 9.78. The number of aromatic nitrogens is 2. The molecule has 3 heterocycles. The van der Waals surface area contributed by atoms with E-state index in [-0.39, 0.29) is 17.4 Å². The number of fused-ring (bicyclic) bond motifs is 1. The predicted octanol–water partition coefficient (Wildman–Crippen LogP) is 4.84. The maximum atomic E-state index is 12.4. The molecule has 1 fully saturated rings. The smallest absolute Gasteiger partial charge is 0.422 e. The van der Waals surface area contributed by atoms with Crippen LogP contribution in [0.4, 0.5) is 13.2 Å². The molecule has 0 atom stereocenters. The predicted molar refractivity (Wildman–Crippen MR) is 119 cm³/mol. The van der Waals surface area contributed by atoms with Gasteiger partial charge in [-0.3, -0.25) is 9.69 Å². The van der Waals surface area contributed by atoms with Crippen LogP contribution in [0, 0.1) is 11.8 Å². The van der Waals surface area contributed by atoms with Gasteiger partial charge in [0.15, 0.2) is 6.61 Å². The SMILES string of the molecule is COc1cc(CC(=O)CC2CCC(CCN3CCc4sc(OCC(F)(F)F)nc4C3)CC2)on1. The Morgan fingerprint density at radius 3 is 2.74 bits per heavy atom. The molecule has 1 aliphatic heterocycles. The second kappa shape index (κ2) is 11.1. The van der Waals surface area contributed by atoms with Crippen LogP contribution in [0.1, 0.15) is 54.9 Å². The van der Waals surface area contributed by atoms with E-state index in [0.29, 0.717) is 36.4 Å². The largest absolute Gasteiger partial charge is 0.479 e. The highest BCUT2D eigenvalue weighted by atomic mass is 32.1. The van der Waals surface area contributed by atoms with Gasteiger partial charge in [-0.05, 0) is 49.2 Å². The van der Waals surface area contributed by atoms with E-state index in [0.717, 1.165) is 62.2 Å². The average molecular weight is 502 g/mol. The lowest BCUT2D eigenvalue weighted by Gasteiger charge is -2.31. The molecule has 188 valence electrons. The number of carbonyl (C=O) groups excluding carboxylic acids is 1. The van der Waals surface area contributed by atoms with Crippen LogP contribution in [-0.2, 0) is 24.2 Å². The van der Waals surface area contributed by atoms with Crippen molar-refractivity contribution >= 4 is 17.1 Å². The Morgan fingerprint density at radius 1 is 1.26 bits per heavy atom. The fourth-order valence-electron chi connectivity index (χ4n) is 4.78. The van der Waals surface area contributed by atoms with E-state index in [1.165, 1.54) is 18.4 Å². The molecule has 11 heteroatoms. The number of carbonyl (C=O) groups is 1. The van der Waals surface area contributed by atoms with Crippen molar-refractivity contribution in [3.05, 3.63) is 22.4 Å². The van der Waals surface area contributed by atoms with Crippen molar-refractivity contribution in [2.75, 3.05) is 26.8 Å². The van der Waals surface area contributed by atoms with Crippen LogP contribution in [0.2, 0.25) is 0 Å². The number of Topliss-reactive ketones (excluding diaryl/α,β-unsaturated/α-hetero) is 1. The maximum absolute atomic E-state index is 12.4. The summed E-state index contributed by atoms with van der Waals surface area (Å²) in [5.41, 5.74) is 0.847. The highest BCUT2D eigenvalue weighted by Gasteiger charge is 2.30. The van der Waals surface area contributed by atoms with E-state index in [1.54, 1.807) is 6.07 Å². The lowest BCUT2D eigenvalue weighted by molar-refractivity contribution is -0.153. The zero-order valence-electron chi connectivity index (χ0n) is 19.2. The molecule has 1 aliphatic carbocycles. The van der Waals surface area contributed by atoms with E-state index < -0.39 is 12.8 Å². The standard InChI is InChI=1S/C23H30F3N3O4S/c1-31-21-12-18(33-28-21)11-17(30)10-16-4-2-15(3-5-16)6-8-29-9-7-20-19(13-29)27-22(34-20)32-14-23(24,25)26/h12,15-16H,2-11,13-14H2,1H3. The Kier molecular flexibility index (Phi) is 8.13. The van der Waals surface area contributed by atoms with Gasteiger partial charge in [-0.15, -0.1) is 0 Å². The molecule has 1 saturated carbocycles. The number of hydrogen-bond donors (Lipinski definition) is 0. The number of ether oxygens (including phenoxy) is 2. The quantitative estimate of drug-likeness (QED) is 0.461. The second-order valence-electron chi connectivity index (χ2n) is 9.21. The molecule has 2 aliphatic rings. The zero-order chi connectivity index (χ0) is 24.1. The molecular formula is C23H30F3N3O4S. The number of methoxy groups -OCH3 is 1. The number of ketones is 1. The fourth-order valence-corrected chi connectivity index (χ4v) is 5.68. The van der Waals surface area contributed by atoms with Gasteiger partial charge in [0.2, 0.25) is 0 Å². The van der Waals surface area contributed by atoms with Gasteiger partial charge in [-0.2, -0.15) is 13.2 Å². The summed E-state index contributed by atoms with van der Waals surface area (Å²) in [6.07, 6.45) is 2.75. The van der Waals surface area contributed by atoms with Gasteiger partial charge in [0.25, 0.3) is 11.1 Å².